The van der Waals surface area contributed by atoms with Crippen LogP contribution in [0.2, 0.25) is 0 Å². The Morgan fingerprint density at radius 1 is 1.48 bits per heavy atom. The van der Waals surface area contributed by atoms with E-state index in [2.05, 4.69) is 11.1 Å². The largest absolute Gasteiger partial charge is 0.497 e. The minimum atomic E-state index is -1.30. The molecule has 0 aliphatic heterocycles. The number of ketones is 1. The van der Waals surface area contributed by atoms with E-state index in [9.17, 15) is 15.2 Å². The van der Waals surface area contributed by atoms with Crippen molar-refractivity contribution in [3.8, 4) is 11.8 Å². The zero-order valence-corrected chi connectivity index (χ0v) is 16.6. The summed E-state index contributed by atoms with van der Waals surface area (Å²) in [7, 11) is 1.59. The molecule has 27 heavy (non-hydrogen) atoms. The molecular weight excluding hydrogens is 360 g/mol. The van der Waals surface area contributed by atoms with E-state index < -0.39 is 17.4 Å². The van der Waals surface area contributed by atoms with Gasteiger partial charge in [-0.3, -0.25) is 4.79 Å². The highest BCUT2D eigenvalue weighted by Crippen LogP contribution is 2.48. The summed E-state index contributed by atoms with van der Waals surface area (Å²) < 4.78 is 5.71. The van der Waals surface area contributed by atoms with E-state index in [-0.39, 0.29) is 12.2 Å². The number of aromatic amines is 1. The molecule has 1 aliphatic carbocycles. The SMILES string of the molecule is COc1cccc(C2c3c(C)[nH]c(=S)c(C#N)c3CC(C)(O)C2C(C)=O)c1. The number of Topliss-reactive ketones (excluding diaryl/α,β-unsaturated/α-hetero) is 1. The van der Waals surface area contributed by atoms with Gasteiger partial charge < -0.3 is 14.8 Å². The number of fused-ring (bicyclic) bond motifs is 1. The highest BCUT2D eigenvalue weighted by atomic mass is 32.1. The number of ether oxygens (including phenoxy) is 1. The highest BCUT2D eigenvalue weighted by Gasteiger charge is 2.48. The van der Waals surface area contributed by atoms with Crippen molar-refractivity contribution < 1.29 is 14.6 Å². The second-order valence-corrected chi connectivity index (χ2v) is 7.74. The van der Waals surface area contributed by atoms with Crippen molar-refractivity contribution in [3.05, 3.63) is 56.9 Å². The summed E-state index contributed by atoms with van der Waals surface area (Å²) in [5.74, 6) is -0.482. The number of H-pyrrole nitrogens is 1. The summed E-state index contributed by atoms with van der Waals surface area (Å²) >= 11 is 5.33. The average Bonchev–Trinajstić information content (AvgIpc) is 2.59. The first-order valence-electron chi connectivity index (χ1n) is 8.73. The quantitative estimate of drug-likeness (QED) is 0.793. The maximum absolute atomic E-state index is 12.6. The van der Waals surface area contributed by atoms with Gasteiger partial charge in [-0.2, -0.15) is 5.26 Å². The van der Waals surface area contributed by atoms with Crippen molar-refractivity contribution in [2.75, 3.05) is 7.11 Å². The zero-order chi connectivity index (χ0) is 19.9. The molecule has 0 radical (unpaired) electrons. The molecule has 0 saturated carbocycles. The van der Waals surface area contributed by atoms with Gasteiger partial charge in [0.25, 0.3) is 0 Å². The first kappa shape index (κ1) is 19.3. The van der Waals surface area contributed by atoms with Gasteiger partial charge in [-0.1, -0.05) is 24.4 Å². The van der Waals surface area contributed by atoms with Crippen LogP contribution in [0.15, 0.2) is 24.3 Å². The van der Waals surface area contributed by atoms with Crippen LogP contribution in [0.25, 0.3) is 0 Å². The van der Waals surface area contributed by atoms with Crippen molar-refractivity contribution in [1.29, 1.82) is 5.26 Å². The van der Waals surface area contributed by atoms with E-state index >= 15 is 0 Å². The molecule has 2 aromatic rings. The number of aliphatic hydroxyl groups is 1. The Labute approximate surface area is 163 Å². The summed E-state index contributed by atoms with van der Waals surface area (Å²) in [6, 6.07) is 9.66. The number of hydrogen-bond acceptors (Lipinski definition) is 5. The summed E-state index contributed by atoms with van der Waals surface area (Å²) in [6.45, 7) is 5.05. The topological polar surface area (TPSA) is 86.1 Å². The van der Waals surface area contributed by atoms with E-state index in [0.717, 1.165) is 16.8 Å². The summed E-state index contributed by atoms with van der Waals surface area (Å²) in [5, 5.41) is 20.9. The van der Waals surface area contributed by atoms with Crippen LogP contribution >= 0.6 is 12.2 Å². The molecule has 1 aromatic heterocycles. The summed E-state index contributed by atoms with van der Waals surface area (Å²) in [6.07, 6.45) is 0.203. The number of nitriles is 1. The lowest BCUT2D eigenvalue weighted by molar-refractivity contribution is -0.130. The number of aryl methyl sites for hydroxylation is 1. The predicted octanol–water partition coefficient (Wildman–Crippen LogP) is 3.58. The van der Waals surface area contributed by atoms with E-state index in [0.29, 0.717) is 21.5 Å². The van der Waals surface area contributed by atoms with E-state index in [1.54, 1.807) is 14.0 Å². The van der Waals surface area contributed by atoms with Crippen molar-refractivity contribution in [1.82, 2.24) is 4.98 Å². The average molecular weight is 382 g/mol. The number of carbonyl (C=O) groups is 1. The number of methoxy groups -OCH3 is 1. The van der Waals surface area contributed by atoms with E-state index in [1.807, 2.05) is 31.2 Å². The fraction of sp³-hybridized carbons (Fsp3) is 0.381. The number of benzene rings is 1. The Balaban J connectivity index is 2.40. The molecule has 0 fully saturated rings. The highest BCUT2D eigenvalue weighted by molar-refractivity contribution is 7.71. The normalized spacial score (nSPS) is 24.0. The van der Waals surface area contributed by atoms with Gasteiger partial charge >= 0.3 is 0 Å². The monoisotopic (exact) mass is 382 g/mol. The number of nitrogens with one attached hydrogen (secondary N) is 1. The zero-order valence-electron chi connectivity index (χ0n) is 15.8. The number of pyridine rings is 1. The van der Waals surface area contributed by atoms with Crippen molar-refractivity contribution >= 4 is 18.0 Å². The second-order valence-electron chi connectivity index (χ2n) is 7.33. The third-order valence-electron chi connectivity index (χ3n) is 5.41. The molecular formula is C21H22N2O3S. The van der Waals surface area contributed by atoms with Gasteiger partial charge in [0.05, 0.1) is 24.2 Å². The van der Waals surface area contributed by atoms with Gasteiger partial charge in [0.1, 0.15) is 22.2 Å². The van der Waals surface area contributed by atoms with Crippen LogP contribution in [0.4, 0.5) is 0 Å². The van der Waals surface area contributed by atoms with Gasteiger partial charge in [-0.05, 0) is 49.6 Å². The third-order valence-corrected chi connectivity index (χ3v) is 5.72. The second kappa shape index (κ2) is 6.91. The molecule has 6 heteroatoms. The lowest BCUT2D eigenvalue weighted by Crippen LogP contribution is -2.48. The maximum Gasteiger partial charge on any atom is 0.136 e. The molecule has 1 aliphatic rings. The van der Waals surface area contributed by atoms with Gasteiger partial charge in [0.2, 0.25) is 0 Å². The van der Waals surface area contributed by atoms with Crippen molar-refractivity contribution in [2.45, 2.75) is 38.7 Å². The van der Waals surface area contributed by atoms with Crippen molar-refractivity contribution in [3.63, 3.8) is 0 Å². The van der Waals surface area contributed by atoms with Crippen LogP contribution in [0.1, 0.15) is 47.7 Å². The fourth-order valence-corrected chi connectivity index (χ4v) is 4.70. The Kier molecular flexibility index (Phi) is 4.94. The lowest BCUT2D eigenvalue weighted by Gasteiger charge is -2.43. The molecule has 3 rings (SSSR count). The molecule has 5 nitrogen and oxygen atoms in total. The number of nitrogens with zero attached hydrogens (tertiary/aromatic N) is 1. The standard InChI is InChI=1S/C21H22N2O3S/c1-11-17-15(16(10-22)20(27)23-11)9-21(3,25)19(12(2)24)18(17)13-6-5-7-14(8-13)26-4/h5-8,18-19,25H,9H2,1-4H3,(H,23,27). The van der Waals surface area contributed by atoms with E-state index in [4.69, 9.17) is 17.0 Å². The summed E-state index contributed by atoms with van der Waals surface area (Å²) in [4.78, 5) is 15.7. The van der Waals surface area contributed by atoms with Gasteiger partial charge in [-0.25, -0.2) is 0 Å². The van der Waals surface area contributed by atoms with Gasteiger partial charge in [0, 0.05) is 18.0 Å². The third kappa shape index (κ3) is 3.18. The number of hydrogen-bond donors (Lipinski definition) is 2. The fourth-order valence-electron chi connectivity index (χ4n) is 4.38. The molecule has 1 heterocycles. The molecule has 2 N–H and O–H groups in total. The molecule has 0 saturated heterocycles. The van der Waals surface area contributed by atoms with Gasteiger partial charge in [0.15, 0.2) is 0 Å². The molecule has 0 amide bonds. The van der Waals surface area contributed by atoms with Crippen LogP contribution in [-0.2, 0) is 11.2 Å². The predicted molar refractivity (Wildman–Crippen MR) is 104 cm³/mol. The molecule has 1 aromatic carbocycles. The molecule has 3 unspecified atom stereocenters. The molecule has 0 spiro atoms. The van der Waals surface area contributed by atoms with Crippen LogP contribution < -0.4 is 4.74 Å². The Bertz CT molecular complexity index is 1020. The molecule has 140 valence electrons. The van der Waals surface area contributed by atoms with Crippen LogP contribution in [0, 0.1) is 28.8 Å². The Hall–Kier alpha value is -2.49. The minimum absolute atomic E-state index is 0.0983. The van der Waals surface area contributed by atoms with Crippen LogP contribution in [-0.4, -0.2) is 28.6 Å². The summed E-state index contributed by atoms with van der Waals surface area (Å²) in [5.41, 5.74) is 2.31. The molecule has 3 atom stereocenters. The molecule has 0 bridgehead atoms. The Morgan fingerprint density at radius 3 is 2.78 bits per heavy atom. The smallest absolute Gasteiger partial charge is 0.136 e. The first-order valence-corrected chi connectivity index (χ1v) is 9.14. The minimum Gasteiger partial charge on any atom is -0.497 e. The number of carbonyl (C=O) groups excluding carboxylic acids is 1. The van der Waals surface area contributed by atoms with Crippen LogP contribution in [0.5, 0.6) is 5.75 Å². The van der Waals surface area contributed by atoms with Crippen LogP contribution in [0.3, 0.4) is 0 Å². The Morgan fingerprint density at radius 2 is 2.19 bits per heavy atom. The van der Waals surface area contributed by atoms with Crippen molar-refractivity contribution in [2.24, 2.45) is 5.92 Å². The first-order chi connectivity index (χ1) is 12.7. The maximum atomic E-state index is 12.6. The number of aromatic nitrogens is 1. The van der Waals surface area contributed by atoms with E-state index in [1.165, 1.54) is 6.92 Å². The number of rotatable bonds is 3. The van der Waals surface area contributed by atoms with Gasteiger partial charge in [-0.15, -0.1) is 0 Å². The lowest BCUT2D eigenvalue weighted by atomic mass is 9.62.